The molecule has 2 nitrogen and oxygen atoms in total. The van der Waals surface area contributed by atoms with Gasteiger partial charge in [0, 0.05) is 24.7 Å². The number of halogens is 1. The average molecular weight is 252 g/mol. The van der Waals surface area contributed by atoms with Gasteiger partial charge < -0.3 is 5.32 Å². The van der Waals surface area contributed by atoms with Gasteiger partial charge in [0.25, 0.3) is 0 Å². The molecule has 0 spiro atoms. The van der Waals surface area contributed by atoms with Gasteiger partial charge in [0.05, 0.1) is 0 Å². The zero-order chi connectivity index (χ0) is 13.5. The van der Waals surface area contributed by atoms with Crippen LogP contribution in [0.2, 0.25) is 0 Å². The maximum absolute atomic E-state index is 13.7. The van der Waals surface area contributed by atoms with Crippen LogP contribution in [0.5, 0.6) is 0 Å². The van der Waals surface area contributed by atoms with Crippen LogP contribution in [0.3, 0.4) is 0 Å². The van der Waals surface area contributed by atoms with Crippen LogP contribution >= 0.6 is 0 Å². The van der Waals surface area contributed by atoms with Gasteiger partial charge in [-0.25, -0.2) is 4.39 Å². The summed E-state index contributed by atoms with van der Waals surface area (Å²) in [6.07, 6.45) is 1.12. The summed E-state index contributed by atoms with van der Waals surface area (Å²) in [5, 5.41) is 3.34. The normalized spacial score (nSPS) is 11.5. The highest BCUT2D eigenvalue weighted by Crippen LogP contribution is 2.13. The Hall–Kier alpha value is -0.930. The van der Waals surface area contributed by atoms with E-state index in [9.17, 15) is 4.39 Å². The number of nitrogens with one attached hydrogen (secondary N) is 1. The SMILES string of the molecule is CCCNCc1ccc(F)c(CN(C)C(C)C)c1. The summed E-state index contributed by atoms with van der Waals surface area (Å²) in [7, 11) is 2.02. The maximum Gasteiger partial charge on any atom is 0.127 e. The van der Waals surface area contributed by atoms with E-state index in [0.717, 1.165) is 30.6 Å². The smallest absolute Gasteiger partial charge is 0.127 e. The minimum absolute atomic E-state index is 0.109. The minimum Gasteiger partial charge on any atom is -0.313 e. The third kappa shape index (κ3) is 4.75. The molecule has 1 aromatic rings. The molecule has 0 aliphatic heterocycles. The summed E-state index contributed by atoms with van der Waals surface area (Å²) in [5.41, 5.74) is 1.93. The molecular weight excluding hydrogens is 227 g/mol. The van der Waals surface area contributed by atoms with Crippen molar-refractivity contribution in [1.82, 2.24) is 10.2 Å². The Bertz CT molecular complexity index is 364. The van der Waals surface area contributed by atoms with Crippen molar-refractivity contribution in [2.75, 3.05) is 13.6 Å². The molecule has 3 heteroatoms. The summed E-state index contributed by atoms with van der Waals surface area (Å²) in [6, 6.07) is 5.83. The van der Waals surface area contributed by atoms with Crippen LogP contribution in [0, 0.1) is 5.82 Å². The number of hydrogen-bond donors (Lipinski definition) is 1. The van der Waals surface area contributed by atoms with Crippen molar-refractivity contribution in [2.45, 2.75) is 46.3 Å². The predicted octanol–water partition coefficient (Wildman–Crippen LogP) is 3.17. The van der Waals surface area contributed by atoms with Gasteiger partial charge in [-0.15, -0.1) is 0 Å². The van der Waals surface area contributed by atoms with Gasteiger partial charge in [-0.3, -0.25) is 4.90 Å². The first-order valence-electron chi connectivity index (χ1n) is 6.72. The van der Waals surface area contributed by atoms with Gasteiger partial charge >= 0.3 is 0 Å². The minimum atomic E-state index is -0.109. The highest BCUT2D eigenvalue weighted by Gasteiger charge is 2.09. The first-order chi connectivity index (χ1) is 8.54. The standard InChI is InChI=1S/C15H25FN2/c1-5-8-17-10-13-6-7-15(16)14(9-13)11-18(4)12(2)3/h6-7,9,12,17H,5,8,10-11H2,1-4H3. The lowest BCUT2D eigenvalue weighted by Gasteiger charge is -2.21. The van der Waals surface area contributed by atoms with Crippen LogP contribution in [-0.2, 0) is 13.1 Å². The van der Waals surface area contributed by atoms with Gasteiger partial charge in [0.2, 0.25) is 0 Å². The molecule has 0 fully saturated rings. The molecule has 0 bridgehead atoms. The van der Waals surface area contributed by atoms with E-state index in [4.69, 9.17) is 0 Å². The maximum atomic E-state index is 13.7. The van der Waals surface area contributed by atoms with E-state index in [1.165, 1.54) is 0 Å². The predicted molar refractivity (Wildman–Crippen MR) is 75.0 cm³/mol. The molecule has 0 radical (unpaired) electrons. The third-order valence-corrected chi connectivity index (χ3v) is 3.17. The summed E-state index contributed by atoms with van der Waals surface area (Å²) < 4.78 is 13.7. The van der Waals surface area contributed by atoms with Gasteiger partial charge in [-0.1, -0.05) is 19.1 Å². The Kier molecular flexibility index (Phi) is 6.30. The van der Waals surface area contributed by atoms with E-state index in [-0.39, 0.29) is 5.82 Å². The van der Waals surface area contributed by atoms with Crippen LogP contribution < -0.4 is 5.32 Å². The molecule has 0 aliphatic rings. The Morgan fingerprint density at radius 2 is 2.06 bits per heavy atom. The van der Waals surface area contributed by atoms with Crippen LogP contribution in [0.15, 0.2) is 18.2 Å². The van der Waals surface area contributed by atoms with Gasteiger partial charge in [-0.05, 0) is 45.5 Å². The second kappa shape index (κ2) is 7.49. The monoisotopic (exact) mass is 252 g/mol. The number of hydrogen-bond acceptors (Lipinski definition) is 2. The first-order valence-corrected chi connectivity index (χ1v) is 6.72. The Balaban J connectivity index is 2.68. The summed E-state index contributed by atoms with van der Waals surface area (Å²) >= 11 is 0. The Morgan fingerprint density at radius 1 is 1.33 bits per heavy atom. The van der Waals surface area contributed by atoms with Crippen molar-refractivity contribution in [3.63, 3.8) is 0 Å². The van der Waals surface area contributed by atoms with Crippen molar-refractivity contribution >= 4 is 0 Å². The first kappa shape index (κ1) is 15.1. The van der Waals surface area contributed by atoms with Crippen molar-refractivity contribution in [2.24, 2.45) is 0 Å². The molecule has 0 atom stereocenters. The lowest BCUT2D eigenvalue weighted by Crippen LogP contribution is -2.26. The van der Waals surface area contributed by atoms with Crippen LogP contribution in [0.1, 0.15) is 38.3 Å². The molecule has 102 valence electrons. The van der Waals surface area contributed by atoms with E-state index in [1.807, 2.05) is 19.2 Å². The highest BCUT2D eigenvalue weighted by molar-refractivity contribution is 5.25. The van der Waals surface area contributed by atoms with Crippen molar-refractivity contribution < 1.29 is 4.39 Å². The van der Waals surface area contributed by atoms with E-state index >= 15 is 0 Å². The summed E-state index contributed by atoms with van der Waals surface area (Å²) in [5.74, 6) is -0.109. The molecule has 0 aromatic heterocycles. The van der Waals surface area contributed by atoms with Crippen molar-refractivity contribution in [1.29, 1.82) is 0 Å². The molecule has 0 aliphatic carbocycles. The van der Waals surface area contributed by atoms with Gasteiger partial charge in [0.15, 0.2) is 0 Å². The zero-order valence-electron chi connectivity index (χ0n) is 12.0. The molecule has 1 rings (SSSR count). The summed E-state index contributed by atoms with van der Waals surface area (Å²) in [6.45, 7) is 8.84. The molecule has 18 heavy (non-hydrogen) atoms. The molecule has 0 unspecified atom stereocenters. The topological polar surface area (TPSA) is 15.3 Å². The van der Waals surface area contributed by atoms with Gasteiger partial charge in [-0.2, -0.15) is 0 Å². The summed E-state index contributed by atoms with van der Waals surface area (Å²) in [4.78, 5) is 2.14. The van der Waals surface area contributed by atoms with Crippen LogP contribution in [0.4, 0.5) is 4.39 Å². The van der Waals surface area contributed by atoms with Crippen molar-refractivity contribution in [3.8, 4) is 0 Å². The van der Waals surface area contributed by atoms with E-state index in [1.54, 1.807) is 6.07 Å². The molecule has 1 N–H and O–H groups in total. The molecular formula is C15H25FN2. The Morgan fingerprint density at radius 3 is 2.67 bits per heavy atom. The quantitative estimate of drug-likeness (QED) is 0.750. The molecule has 0 amide bonds. The lowest BCUT2D eigenvalue weighted by molar-refractivity contribution is 0.262. The molecule has 1 aromatic carbocycles. The number of rotatable bonds is 7. The highest BCUT2D eigenvalue weighted by atomic mass is 19.1. The second-order valence-electron chi connectivity index (χ2n) is 5.11. The van der Waals surface area contributed by atoms with Gasteiger partial charge in [0.1, 0.15) is 5.82 Å². The zero-order valence-corrected chi connectivity index (χ0v) is 12.0. The lowest BCUT2D eigenvalue weighted by atomic mass is 10.1. The molecule has 0 saturated heterocycles. The van der Waals surface area contributed by atoms with E-state index in [0.29, 0.717) is 12.6 Å². The fourth-order valence-electron chi connectivity index (χ4n) is 1.72. The molecule has 0 heterocycles. The van der Waals surface area contributed by atoms with Crippen molar-refractivity contribution in [3.05, 3.63) is 35.1 Å². The largest absolute Gasteiger partial charge is 0.313 e. The average Bonchev–Trinajstić information content (AvgIpc) is 2.33. The van der Waals surface area contributed by atoms with E-state index in [2.05, 4.69) is 31.0 Å². The number of nitrogens with zero attached hydrogens (tertiary/aromatic N) is 1. The molecule has 0 saturated carbocycles. The van der Waals surface area contributed by atoms with E-state index < -0.39 is 0 Å². The van der Waals surface area contributed by atoms with Crippen LogP contribution in [-0.4, -0.2) is 24.5 Å². The Labute approximate surface area is 110 Å². The fourth-order valence-corrected chi connectivity index (χ4v) is 1.72. The second-order valence-corrected chi connectivity index (χ2v) is 5.11. The number of benzene rings is 1. The fraction of sp³-hybridized carbons (Fsp3) is 0.600. The third-order valence-electron chi connectivity index (χ3n) is 3.17. The van der Waals surface area contributed by atoms with Crippen LogP contribution in [0.25, 0.3) is 0 Å².